The molecule has 2 aromatic rings. The Hall–Kier alpha value is -1.64. The van der Waals surface area contributed by atoms with Crippen molar-refractivity contribution < 1.29 is 5.21 Å². The zero-order chi connectivity index (χ0) is 11.5. The van der Waals surface area contributed by atoms with E-state index >= 15 is 0 Å². The van der Waals surface area contributed by atoms with Crippen LogP contribution in [0.1, 0.15) is 5.69 Å². The summed E-state index contributed by atoms with van der Waals surface area (Å²) in [6.07, 6.45) is 5.23. The Labute approximate surface area is 105 Å². The molecule has 6 nitrogen and oxygen atoms in total. The lowest BCUT2D eigenvalue weighted by Crippen LogP contribution is -2.14. The van der Waals surface area contributed by atoms with Crippen molar-refractivity contribution in [2.75, 3.05) is 0 Å². The van der Waals surface area contributed by atoms with E-state index in [1.54, 1.807) is 29.2 Å². The number of nitrogens with two attached hydrogens (primary N) is 1. The Kier molecular flexibility index (Phi) is 3.04. The molecule has 0 unspecified atom stereocenters. The normalized spacial score (nSPS) is 11.7. The van der Waals surface area contributed by atoms with Crippen molar-refractivity contribution in [1.29, 1.82) is 0 Å². The van der Waals surface area contributed by atoms with Gasteiger partial charge in [0.2, 0.25) is 0 Å². The van der Waals surface area contributed by atoms with E-state index < -0.39 is 0 Å². The average molecular weight is 329 g/mol. The number of hydrogen-bond acceptors (Lipinski definition) is 4. The first-order chi connectivity index (χ1) is 7.70. The van der Waals surface area contributed by atoms with Crippen LogP contribution >= 0.6 is 22.6 Å². The van der Waals surface area contributed by atoms with E-state index in [4.69, 9.17) is 10.9 Å². The third kappa shape index (κ3) is 2.13. The van der Waals surface area contributed by atoms with E-state index in [2.05, 4.69) is 37.8 Å². The van der Waals surface area contributed by atoms with Gasteiger partial charge in [0.1, 0.15) is 5.69 Å². The van der Waals surface area contributed by atoms with E-state index in [1.165, 1.54) is 0 Å². The van der Waals surface area contributed by atoms with Gasteiger partial charge in [-0.25, -0.2) is 4.68 Å². The van der Waals surface area contributed by atoms with Crippen LogP contribution in [-0.2, 0) is 0 Å². The Balaban J connectivity index is 2.33. The quantitative estimate of drug-likeness (QED) is 0.282. The minimum absolute atomic E-state index is 0.0124. The highest BCUT2D eigenvalue weighted by Crippen LogP contribution is 2.09. The number of hydrogen-bond donors (Lipinski definition) is 2. The third-order valence-corrected chi connectivity index (χ3v) is 2.49. The summed E-state index contributed by atoms with van der Waals surface area (Å²) in [5.74, 6) is -0.0124. The van der Waals surface area contributed by atoms with E-state index in [0.29, 0.717) is 5.69 Å². The molecule has 2 rings (SSSR count). The van der Waals surface area contributed by atoms with E-state index in [-0.39, 0.29) is 5.84 Å². The Morgan fingerprint density at radius 3 is 2.75 bits per heavy atom. The fourth-order valence-corrected chi connectivity index (χ4v) is 1.55. The molecular formula is C9H8IN5O. The van der Waals surface area contributed by atoms with Gasteiger partial charge in [0.05, 0.1) is 21.7 Å². The highest BCUT2D eigenvalue weighted by molar-refractivity contribution is 14.1. The van der Waals surface area contributed by atoms with Gasteiger partial charge in [-0.2, -0.15) is 5.10 Å². The van der Waals surface area contributed by atoms with Crippen LogP contribution < -0.4 is 5.73 Å². The van der Waals surface area contributed by atoms with Crippen molar-refractivity contribution in [3.05, 3.63) is 40.0 Å². The average Bonchev–Trinajstić information content (AvgIpc) is 2.75. The second kappa shape index (κ2) is 4.47. The molecule has 7 heteroatoms. The molecule has 0 saturated carbocycles. The van der Waals surface area contributed by atoms with Gasteiger partial charge >= 0.3 is 0 Å². The molecule has 0 aliphatic carbocycles. The minimum Gasteiger partial charge on any atom is -0.409 e. The molecule has 0 aliphatic rings. The summed E-state index contributed by atoms with van der Waals surface area (Å²) < 4.78 is 2.74. The molecule has 2 heterocycles. The highest BCUT2D eigenvalue weighted by atomic mass is 127. The van der Waals surface area contributed by atoms with Gasteiger partial charge in [-0.15, -0.1) is 0 Å². The van der Waals surface area contributed by atoms with Gasteiger partial charge in [0, 0.05) is 6.20 Å². The number of rotatable bonds is 2. The standard InChI is InChI=1S/C9H8IN5O/c10-6-3-13-15(5-6)7-1-2-8(12-4-7)9(11)14-16/h1-5,16H,(H2,11,14). The monoisotopic (exact) mass is 329 g/mol. The van der Waals surface area contributed by atoms with Gasteiger partial charge in [0.15, 0.2) is 5.84 Å². The molecule has 0 bridgehead atoms. The lowest BCUT2D eigenvalue weighted by atomic mass is 10.3. The first-order valence-electron chi connectivity index (χ1n) is 4.35. The fourth-order valence-electron chi connectivity index (χ4n) is 1.17. The SMILES string of the molecule is N/C(=N/O)c1ccc(-n2cc(I)cn2)cn1. The van der Waals surface area contributed by atoms with Gasteiger partial charge < -0.3 is 10.9 Å². The number of amidine groups is 1. The van der Waals surface area contributed by atoms with Crippen LogP contribution in [0.15, 0.2) is 35.9 Å². The van der Waals surface area contributed by atoms with Crippen molar-refractivity contribution in [3.63, 3.8) is 0 Å². The summed E-state index contributed by atoms with van der Waals surface area (Å²) in [6, 6.07) is 3.46. The van der Waals surface area contributed by atoms with E-state index in [1.807, 2.05) is 6.20 Å². The number of nitrogens with zero attached hydrogens (tertiary/aromatic N) is 4. The molecule has 0 fully saturated rings. The van der Waals surface area contributed by atoms with Crippen molar-refractivity contribution in [1.82, 2.24) is 14.8 Å². The topological polar surface area (TPSA) is 89.3 Å². The molecule has 0 amide bonds. The van der Waals surface area contributed by atoms with Crippen LogP contribution in [0.4, 0.5) is 0 Å². The predicted octanol–water partition coefficient (Wildman–Crippen LogP) is 0.966. The highest BCUT2D eigenvalue weighted by Gasteiger charge is 2.02. The van der Waals surface area contributed by atoms with Gasteiger partial charge in [0.25, 0.3) is 0 Å². The lowest BCUT2D eigenvalue weighted by molar-refractivity contribution is 0.318. The maximum atomic E-state index is 8.48. The second-order valence-electron chi connectivity index (χ2n) is 2.99. The summed E-state index contributed by atoms with van der Waals surface area (Å²) >= 11 is 2.17. The fraction of sp³-hybridized carbons (Fsp3) is 0. The van der Waals surface area contributed by atoms with Crippen LogP contribution in [0, 0.1) is 3.57 Å². The lowest BCUT2D eigenvalue weighted by Gasteiger charge is -2.01. The van der Waals surface area contributed by atoms with Gasteiger partial charge in [-0.05, 0) is 34.7 Å². The summed E-state index contributed by atoms with van der Waals surface area (Å²) in [5, 5.41) is 15.5. The third-order valence-electron chi connectivity index (χ3n) is 1.93. The minimum atomic E-state index is -0.0124. The first-order valence-corrected chi connectivity index (χ1v) is 5.43. The van der Waals surface area contributed by atoms with Crippen LogP contribution in [0.5, 0.6) is 0 Å². The van der Waals surface area contributed by atoms with E-state index in [0.717, 1.165) is 9.26 Å². The van der Waals surface area contributed by atoms with E-state index in [9.17, 15) is 0 Å². The summed E-state index contributed by atoms with van der Waals surface area (Å²) in [4.78, 5) is 4.06. The van der Waals surface area contributed by atoms with Crippen LogP contribution in [0.25, 0.3) is 5.69 Å². The molecule has 0 aromatic carbocycles. The largest absolute Gasteiger partial charge is 0.409 e. The van der Waals surface area contributed by atoms with Crippen LogP contribution in [0.2, 0.25) is 0 Å². The van der Waals surface area contributed by atoms with Gasteiger partial charge in [-0.3, -0.25) is 4.98 Å². The predicted molar refractivity (Wildman–Crippen MR) is 66.6 cm³/mol. The number of oxime groups is 1. The second-order valence-corrected chi connectivity index (χ2v) is 4.24. The number of pyridine rings is 1. The summed E-state index contributed by atoms with van der Waals surface area (Å²) in [6.45, 7) is 0. The molecule has 3 N–H and O–H groups in total. The van der Waals surface area contributed by atoms with Crippen LogP contribution in [-0.4, -0.2) is 25.8 Å². The maximum Gasteiger partial charge on any atom is 0.188 e. The molecule has 82 valence electrons. The molecule has 0 saturated heterocycles. The van der Waals surface area contributed by atoms with Crippen molar-refractivity contribution in [3.8, 4) is 5.69 Å². The molecule has 0 atom stereocenters. The van der Waals surface area contributed by atoms with Crippen molar-refractivity contribution in [2.24, 2.45) is 10.9 Å². The number of aromatic nitrogens is 3. The molecule has 0 spiro atoms. The van der Waals surface area contributed by atoms with Gasteiger partial charge in [-0.1, -0.05) is 5.16 Å². The Morgan fingerprint density at radius 1 is 1.44 bits per heavy atom. The summed E-state index contributed by atoms with van der Waals surface area (Å²) in [7, 11) is 0. The molecule has 16 heavy (non-hydrogen) atoms. The smallest absolute Gasteiger partial charge is 0.188 e. The molecule has 0 aliphatic heterocycles. The Bertz CT molecular complexity index is 519. The maximum absolute atomic E-state index is 8.48. The van der Waals surface area contributed by atoms with Crippen molar-refractivity contribution >= 4 is 28.4 Å². The van der Waals surface area contributed by atoms with Crippen LogP contribution in [0.3, 0.4) is 0 Å². The number of halogens is 1. The Morgan fingerprint density at radius 2 is 2.25 bits per heavy atom. The molecule has 0 radical (unpaired) electrons. The summed E-state index contributed by atoms with van der Waals surface area (Å²) in [5.41, 5.74) is 6.64. The molecule has 2 aromatic heterocycles. The first kappa shape index (κ1) is 10.9. The van der Waals surface area contributed by atoms with Crippen molar-refractivity contribution in [2.45, 2.75) is 0 Å². The molecular weight excluding hydrogens is 321 g/mol. The zero-order valence-electron chi connectivity index (χ0n) is 8.08. The zero-order valence-corrected chi connectivity index (χ0v) is 10.2.